The van der Waals surface area contributed by atoms with Crippen LogP contribution in [0.1, 0.15) is 24.0 Å². The summed E-state index contributed by atoms with van der Waals surface area (Å²) in [5.74, 6) is -1.08. The lowest BCUT2D eigenvalue weighted by atomic mass is 10.1. The first kappa shape index (κ1) is 15.6. The highest BCUT2D eigenvalue weighted by atomic mass is 32.1. The van der Waals surface area contributed by atoms with Crippen molar-refractivity contribution in [2.45, 2.75) is 26.7 Å². The molecule has 1 aliphatic heterocycles. The van der Waals surface area contributed by atoms with Crippen molar-refractivity contribution in [3.8, 4) is 0 Å². The zero-order valence-electron chi connectivity index (χ0n) is 13.3. The normalized spacial score (nSPS) is 16.0. The SMILES string of the molecule is Cc1cc(C)c2sc(=NC(=O)CN3C(=O)CCC3=O)n(C)c2c1. The van der Waals surface area contributed by atoms with Crippen LogP contribution in [0.4, 0.5) is 0 Å². The monoisotopic (exact) mass is 331 g/mol. The third kappa shape index (κ3) is 2.84. The molecule has 0 N–H and O–H groups in total. The molecule has 1 aromatic carbocycles. The van der Waals surface area contributed by atoms with Crippen LogP contribution in [0.5, 0.6) is 0 Å². The van der Waals surface area contributed by atoms with Gasteiger partial charge in [0.1, 0.15) is 6.54 Å². The van der Waals surface area contributed by atoms with Gasteiger partial charge in [0.25, 0.3) is 5.91 Å². The number of imide groups is 1. The van der Waals surface area contributed by atoms with Crippen molar-refractivity contribution in [2.75, 3.05) is 6.54 Å². The van der Waals surface area contributed by atoms with Crippen LogP contribution >= 0.6 is 11.3 Å². The maximum absolute atomic E-state index is 12.1. The van der Waals surface area contributed by atoms with E-state index in [9.17, 15) is 14.4 Å². The number of hydrogen-bond acceptors (Lipinski definition) is 4. The van der Waals surface area contributed by atoms with Gasteiger partial charge >= 0.3 is 0 Å². The Kier molecular flexibility index (Phi) is 3.89. The molecule has 2 heterocycles. The fraction of sp³-hybridized carbons (Fsp3) is 0.375. The van der Waals surface area contributed by atoms with Gasteiger partial charge in [0.2, 0.25) is 11.8 Å². The van der Waals surface area contributed by atoms with Gasteiger partial charge in [0, 0.05) is 19.9 Å². The predicted molar refractivity (Wildman–Crippen MR) is 86.8 cm³/mol. The molecule has 2 aromatic rings. The summed E-state index contributed by atoms with van der Waals surface area (Å²) in [6.45, 7) is 3.78. The zero-order valence-corrected chi connectivity index (χ0v) is 14.1. The lowest BCUT2D eigenvalue weighted by molar-refractivity contribution is -0.141. The lowest BCUT2D eigenvalue weighted by Crippen LogP contribution is -2.34. The summed E-state index contributed by atoms with van der Waals surface area (Å²) in [5, 5.41) is 0. The molecule has 1 saturated heterocycles. The molecule has 0 aliphatic carbocycles. The van der Waals surface area contributed by atoms with E-state index in [1.54, 1.807) is 0 Å². The first-order valence-corrected chi connectivity index (χ1v) is 8.16. The minimum Gasteiger partial charge on any atom is -0.319 e. The molecule has 0 atom stereocenters. The second-order valence-corrected chi connectivity index (χ2v) is 6.73. The standard InChI is InChI=1S/C16H17N3O3S/c1-9-6-10(2)15-11(7-9)18(3)16(23-15)17-12(20)8-19-13(21)4-5-14(19)22/h6-7H,4-5,8H2,1-3H3. The number of aryl methyl sites for hydroxylation is 3. The van der Waals surface area contributed by atoms with Gasteiger partial charge in [-0.3, -0.25) is 19.3 Å². The molecule has 120 valence electrons. The van der Waals surface area contributed by atoms with Crippen LogP contribution in [0.3, 0.4) is 0 Å². The van der Waals surface area contributed by atoms with Crippen LogP contribution in [0, 0.1) is 13.8 Å². The molecule has 7 heteroatoms. The van der Waals surface area contributed by atoms with Crippen molar-refractivity contribution in [3.63, 3.8) is 0 Å². The maximum Gasteiger partial charge on any atom is 0.268 e. The fourth-order valence-electron chi connectivity index (χ4n) is 2.75. The minimum absolute atomic E-state index is 0.182. The number of benzene rings is 1. The van der Waals surface area contributed by atoms with E-state index in [4.69, 9.17) is 0 Å². The van der Waals surface area contributed by atoms with Gasteiger partial charge < -0.3 is 4.57 Å². The average Bonchev–Trinajstić information content (AvgIpc) is 2.95. The van der Waals surface area contributed by atoms with Gasteiger partial charge in [-0.2, -0.15) is 4.99 Å². The van der Waals surface area contributed by atoms with Crippen molar-refractivity contribution >= 4 is 39.3 Å². The molecule has 3 rings (SSSR count). The Hall–Kier alpha value is -2.28. The summed E-state index contributed by atoms with van der Waals surface area (Å²) < 4.78 is 2.95. The van der Waals surface area contributed by atoms with Crippen LogP contribution in [-0.2, 0) is 21.4 Å². The molecule has 0 saturated carbocycles. The van der Waals surface area contributed by atoms with E-state index < -0.39 is 5.91 Å². The van der Waals surface area contributed by atoms with Crippen molar-refractivity contribution in [1.29, 1.82) is 0 Å². The van der Waals surface area contributed by atoms with Crippen LogP contribution in [0.2, 0.25) is 0 Å². The Bertz CT molecular complexity index is 891. The molecule has 3 amide bonds. The van der Waals surface area contributed by atoms with E-state index in [1.807, 2.05) is 25.5 Å². The quantitative estimate of drug-likeness (QED) is 0.782. The molecule has 0 spiro atoms. The number of carbonyl (C=O) groups is 3. The topological polar surface area (TPSA) is 71.7 Å². The second-order valence-electron chi connectivity index (χ2n) is 5.75. The molecule has 0 radical (unpaired) electrons. The summed E-state index contributed by atoms with van der Waals surface area (Å²) in [6.07, 6.45) is 0.364. The Morgan fingerprint density at radius 1 is 1.22 bits per heavy atom. The molecule has 1 aliphatic rings. The molecule has 1 aromatic heterocycles. The minimum atomic E-state index is -0.481. The van der Waals surface area contributed by atoms with Crippen molar-refractivity contribution in [2.24, 2.45) is 12.0 Å². The van der Waals surface area contributed by atoms with Crippen LogP contribution in [0.15, 0.2) is 17.1 Å². The third-order valence-corrected chi connectivity index (χ3v) is 5.19. The van der Waals surface area contributed by atoms with Crippen LogP contribution in [0.25, 0.3) is 10.2 Å². The molecular weight excluding hydrogens is 314 g/mol. The lowest BCUT2D eigenvalue weighted by Gasteiger charge is -2.09. The van der Waals surface area contributed by atoms with E-state index in [2.05, 4.69) is 17.1 Å². The second kappa shape index (κ2) is 5.73. The van der Waals surface area contributed by atoms with Crippen molar-refractivity contribution in [1.82, 2.24) is 9.47 Å². The van der Waals surface area contributed by atoms with Crippen LogP contribution in [-0.4, -0.2) is 33.7 Å². The van der Waals surface area contributed by atoms with E-state index >= 15 is 0 Å². The van der Waals surface area contributed by atoms with E-state index in [1.165, 1.54) is 11.3 Å². The Balaban J connectivity index is 1.96. The number of hydrogen-bond donors (Lipinski definition) is 0. The van der Waals surface area contributed by atoms with Gasteiger partial charge in [0.05, 0.1) is 10.2 Å². The average molecular weight is 331 g/mol. The Labute approximate surface area is 137 Å². The number of aromatic nitrogens is 1. The fourth-order valence-corrected chi connectivity index (χ4v) is 3.84. The summed E-state index contributed by atoms with van der Waals surface area (Å²) in [6, 6.07) is 4.14. The van der Waals surface area contributed by atoms with Crippen molar-refractivity contribution < 1.29 is 14.4 Å². The number of nitrogens with zero attached hydrogens (tertiary/aromatic N) is 3. The Morgan fingerprint density at radius 2 is 1.87 bits per heavy atom. The number of thiazole rings is 1. The third-order valence-electron chi connectivity index (χ3n) is 3.91. The van der Waals surface area contributed by atoms with Gasteiger partial charge in [-0.15, -0.1) is 0 Å². The summed E-state index contributed by atoms with van der Waals surface area (Å²) in [4.78, 5) is 40.9. The zero-order chi connectivity index (χ0) is 16.7. The van der Waals surface area contributed by atoms with E-state index in [0.717, 1.165) is 26.2 Å². The van der Waals surface area contributed by atoms with E-state index in [-0.39, 0.29) is 31.2 Å². The molecule has 6 nitrogen and oxygen atoms in total. The molecule has 0 bridgehead atoms. The number of amides is 3. The first-order valence-electron chi connectivity index (χ1n) is 7.34. The molecule has 1 fully saturated rings. The van der Waals surface area contributed by atoms with Crippen LogP contribution < -0.4 is 4.80 Å². The number of likely N-dealkylation sites (tertiary alicyclic amines) is 1. The summed E-state index contributed by atoms with van der Waals surface area (Å²) in [7, 11) is 1.86. The smallest absolute Gasteiger partial charge is 0.268 e. The van der Waals surface area contributed by atoms with E-state index in [0.29, 0.717) is 4.80 Å². The first-order chi connectivity index (χ1) is 10.9. The highest BCUT2D eigenvalue weighted by Gasteiger charge is 2.30. The molecular formula is C16H17N3O3S. The Morgan fingerprint density at radius 3 is 2.52 bits per heavy atom. The molecule has 23 heavy (non-hydrogen) atoms. The highest BCUT2D eigenvalue weighted by molar-refractivity contribution is 7.16. The largest absolute Gasteiger partial charge is 0.319 e. The van der Waals surface area contributed by atoms with Gasteiger partial charge in [-0.1, -0.05) is 17.4 Å². The van der Waals surface area contributed by atoms with Gasteiger partial charge in [-0.25, -0.2) is 0 Å². The maximum atomic E-state index is 12.1. The van der Waals surface area contributed by atoms with Gasteiger partial charge in [-0.05, 0) is 31.0 Å². The highest BCUT2D eigenvalue weighted by Crippen LogP contribution is 2.22. The predicted octanol–water partition coefficient (Wildman–Crippen LogP) is 1.43. The number of fused-ring (bicyclic) bond motifs is 1. The summed E-state index contributed by atoms with van der Waals surface area (Å²) in [5.41, 5.74) is 3.31. The summed E-state index contributed by atoms with van der Waals surface area (Å²) >= 11 is 1.43. The van der Waals surface area contributed by atoms with Crippen molar-refractivity contribution in [3.05, 3.63) is 28.1 Å². The molecule has 0 unspecified atom stereocenters. The number of rotatable bonds is 2. The van der Waals surface area contributed by atoms with Gasteiger partial charge in [0.15, 0.2) is 4.80 Å². The number of carbonyl (C=O) groups excluding carboxylic acids is 3.